The molecule has 1 rings (SSSR count). The van der Waals surface area contributed by atoms with Gasteiger partial charge < -0.3 is 5.11 Å². The molecule has 0 fully saturated rings. The minimum Gasteiger partial charge on any atom is -0.393 e. The van der Waals surface area contributed by atoms with Crippen molar-refractivity contribution in [2.24, 2.45) is 12.5 Å². The Morgan fingerprint density at radius 3 is 2.41 bits per heavy atom. The average molecular weight is 303 g/mol. The van der Waals surface area contributed by atoms with Crippen LogP contribution in [0.5, 0.6) is 0 Å². The number of nitrogens with zero attached hydrogens (tertiary/aromatic N) is 2. The molecule has 0 aliphatic heterocycles. The largest absolute Gasteiger partial charge is 0.393 e. The van der Waals surface area contributed by atoms with E-state index < -0.39 is 0 Å². The van der Waals surface area contributed by atoms with Crippen LogP contribution in [0.2, 0.25) is 0 Å². The van der Waals surface area contributed by atoms with Crippen LogP contribution in [0.4, 0.5) is 0 Å². The molecule has 3 nitrogen and oxygen atoms in total. The van der Waals surface area contributed by atoms with Crippen LogP contribution in [-0.4, -0.2) is 21.0 Å². The van der Waals surface area contributed by atoms with Crippen LogP contribution < -0.4 is 0 Å². The molecule has 17 heavy (non-hydrogen) atoms. The zero-order valence-electron chi connectivity index (χ0n) is 11.4. The van der Waals surface area contributed by atoms with Crippen molar-refractivity contribution in [3.8, 4) is 0 Å². The number of aliphatic hydroxyl groups excluding tert-OH is 1. The molecule has 0 aliphatic carbocycles. The molecule has 1 N–H and O–H groups in total. The molecule has 0 saturated carbocycles. The maximum absolute atomic E-state index is 10.0. The maximum Gasteiger partial charge on any atom is 0.0766 e. The number of aliphatic hydroxyl groups is 1. The quantitative estimate of drug-likeness (QED) is 0.928. The number of halogens is 1. The van der Waals surface area contributed by atoms with Crippen LogP contribution in [0.25, 0.3) is 0 Å². The Labute approximate surface area is 112 Å². The van der Waals surface area contributed by atoms with Gasteiger partial charge in [-0.1, -0.05) is 27.7 Å². The maximum atomic E-state index is 10.0. The summed E-state index contributed by atoms with van der Waals surface area (Å²) in [6.45, 7) is 8.29. The van der Waals surface area contributed by atoms with Gasteiger partial charge in [-0.2, -0.15) is 5.10 Å². The minimum atomic E-state index is -0.283. The van der Waals surface area contributed by atoms with Gasteiger partial charge in [-0.25, -0.2) is 0 Å². The topological polar surface area (TPSA) is 38.0 Å². The summed E-state index contributed by atoms with van der Waals surface area (Å²) in [6.07, 6.45) is 2.26. The first-order chi connectivity index (χ1) is 7.77. The second-order valence-corrected chi connectivity index (χ2v) is 6.40. The van der Waals surface area contributed by atoms with Crippen molar-refractivity contribution in [2.45, 2.75) is 53.1 Å². The number of hydrogen-bond acceptors (Lipinski definition) is 2. The summed E-state index contributed by atoms with van der Waals surface area (Å²) in [7, 11) is 1.96. The zero-order chi connectivity index (χ0) is 13.2. The summed E-state index contributed by atoms with van der Waals surface area (Å²) in [4.78, 5) is 0. The Bertz CT molecular complexity index is 380. The summed E-state index contributed by atoms with van der Waals surface area (Å²) in [5.41, 5.74) is 2.21. The normalized spacial score (nSPS) is 14.1. The van der Waals surface area contributed by atoms with Gasteiger partial charge in [0.15, 0.2) is 0 Å². The van der Waals surface area contributed by atoms with Crippen molar-refractivity contribution in [1.82, 2.24) is 9.78 Å². The van der Waals surface area contributed by atoms with E-state index in [0.29, 0.717) is 0 Å². The predicted octanol–water partition coefficient (Wildman–Crippen LogP) is 3.08. The van der Waals surface area contributed by atoms with Crippen LogP contribution in [0.1, 0.15) is 45.5 Å². The van der Waals surface area contributed by atoms with Gasteiger partial charge >= 0.3 is 0 Å². The molecule has 1 unspecified atom stereocenters. The van der Waals surface area contributed by atoms with Crippen LogP contribution in [0.3, 0.4) is 0 Å². The van der Waals surface area contributed by atoms with Gasteiger partial charge in [0.05, 0.1) is 22.0 Å². The fourth-order valence-electron chi connectivity index (χ4n) is 1.80. The second-order valence-electron chi connectivity index (χ2n) is 5.61. The molecule has 0 bridgehead atoms. The number of aromatic nitrogens is 2. The van der Waals surface area contributed by atoms with Crippen molar-refractivity contribution >= 4 is 15.9 Å². The van der Waals surface area contributed by atoms with Crippen LogP contribution >= 0.6 is 15.9 Å². The Morgan fingerprint density at radius 1 is 1.41 bits per heavy atom. The van der Waals surface area contributed by atoms with Crippen molar-refractivity contribution < 1.29 is 5.11 Å². The summed E-state index contributed by atoms with van der Waals surface area (Å²) in [6, 6.07) is 0. The number of aryl methyl sites for hydroxylation is 2. The molecule has 0 radical (unpaired) electrons. The van der Waals surface area contributed by atoms with Gasteiger partial charge in [0.1, 0.15) is 0 Å². The molecular weight excluding hydrogens is 280 g/mol. The molecule has 0 spiro atoms. The third-order valence-corrected chi connectivity index (χ3v) is 4.07. The third-order valence-electron chi connectivity index (χ3n) is 3.16. The van der Waals surface area contributed by atoms with Crippen molar-refractivity contribution in [3.05, 3.63) is 15.9 Å². The molecule has 4 heteroatoms. The molecule has 0 aliphatic rings. The Kier molecular flexibility index (Phi) is 4.78. The monoisotopic (exact) mass is 302 g/mol. The molecule has 0 amide bonds. The number of hydrogen-bond donors (Lipinski definition) is 1. The third kappa shape index (κ3) is 3.55. The highest BCUT2D eigenvalue weighted by Crippen LogP contribution is 2.26. The lowest BCUT2D eigenvalue weighted by Gasteiger charge is -2.25. The lowest BCUT2D eigenvalue weighted by atomic mass is 9.86. The molecular formula is C13H23BrN2O. The van der Waals surface area contributed by atoms with E-state index in [-0.39, 0.29) is 11.5 Å². The van der Waals surface area contributed by atoms with Crippen molar-refractivity contribution in [3.63, 3.8) is 0 Å². The lowest BCUT2D eigenvalue weighted by Crippen LogP contribution is -2.26. The van der Waals surface area contributed by atoms with Gasteiger partial charge in [-0.3, -0.25) is 4.68 Å². The van der Waals surface area contributed by atoms with Crippen LogP contribution in [0, 0.1) is 5.41 Å². The van der Waals surface area contributed by atoms with Crippen LogP contribution in [0.15, 0.2) is 4.47 Å². The Hall–Kier alpha value is -0.350. The number of rotatable bonds is 4. The van der Waals surface area contributed by atoms with Gasteiger partial charge in [0, 0.05) is 7.05 Å². The van der Waals surface area contributed by atoms with Gasteiger partial charge in [0.25, 0.3) is 0 Å². The first-order valence-electron chi connectivity index (χ1n) is 6.15. The molecule has 1 aromatic rings. The van der Waals surface area contributed by atoms with E-state index in [1.54, 1.807) is 0 Å². The van der Waals surface area contributed by atoms with Gasteiger partial charge in [-0.05, 0) is 40.6 Å². The van der Waals surface area contributed by atoms with Crippen molar-refractivity contribution in [2.75, 3.05) is 0 Å². The van der Waals surface area contributed by atoms with E-state index in [2.05, 4.69) is 48.7 Å². The molecule has 1 atom stereocenters. The summed E-state index contributed by atoms with van der Waals surface area (Å²) < 4.78 is 3.02. The average Bonchev–Trinajstić information content (AvgIpc) is 2.49. The molecule has 0 aromatic carbocycles. The highest BCUT2D eigenvalue weighted by Gasteiger charge is 2.23. The van der Waals surface area contributed by atoms with Gasteiger partial charge in [0.2, 0.25) is 0 Å². The lowest BCUT2D eigenvalue weighted by molar-refractivity contribution is 0.0555. The van der Waals surface area contributed by atoms with E-state index in [1.165, 1.54) is 5.69 Å². The van der Waals surface area contributed by atoms with E-state index in [9.17, 15) is 5.11 Å². The Morgan fingerprint density at radius 2 is 2.00 bits per heavy atom. The highest BCUT2D eigenvalue weighted by atomic mass is 79.9. The predicted molar refractivity (Wildman–Crippen MR) is 74.1 cm³/mol. The first kappa shape index (κ1) is 14.7. The van der Waals surface area contributed by atoms with E-state index >= 15 is 0 Å². The highest BCUT2D eigenvalue weighted by molar-refractivity contribution is 9.10. The van der Waals surface area contributed by atoms with E-state index in [0.717, 1.165) is 29.4 Å². The summed E-state index contributed by atoms with van der Waals surface area (Å²) >= 11 is 3.60. The summed E-state index contributed by atoms with van der Waals surface area (Å²) in [5, 5.41) is 14.5. The van der Waals surface area contributed by atoms with E-state index in [4.69, 9.17) is 0 Å². The first-order valence-corrected chi connectivity index (χ1v) is 6.95. The van der Waals surface area contributed by atoms with Crippen molar-refractivity contribution in [1.29, 1.82) is 0 Å². The second kappa shape index (κ2) is 5.53. The molecule has 1 heterocycles. The summed E-state index contributed by atoms with van der Waals surface area (Å²) in [5.74, 6) is 0. The zero-order valence-corrected chi connectivity index (χ0v) is 13.0. The fourth-order valence-corrected chi connectivity index (χ4v) is 2.61. The molecule has 1 aromatic heterocycles. The van der Waals surface area contributed by atoms with Gasteiger partial charge in [-0.15, -0.1) is 0 Å². The Balaban J connectivity index is 2.73. The standard InChI is InChI=1S/C13H23BrN2O/c1-6-9-12(14)10(16(5)15-9)7-8-11(17)13(2,3)4/h11,17H,6-8H2,1-5H3. The molecule has 0 saturated heterocycles. The SMILES string of the molecule is CCc1nn(C)c(CCC(O)C(C)(C)C)c1Br. The van der Waals surface area contributed by atoms with Crippen LogP contribution in [-0.2, 0) is 19.9 Å². The molecule has 98 valence electrons. The smallest absolute Gasteiger partial charge is 0.0766 e. The minimum absolute atomic E-state index is 0.0569. The van der Waals surface area contributed by atoms with E-state index in [1.807, 2.05) is 11.7 Å². The fraction of sp³-hybridized carbons (Fsp3) is 0.769.